The Morgan fingerprint density at radius 2 is 2.16 bits per heavy atom. The summed E-state index contributed by atoms with van der Waals surface area (Å²) in [6, 6.07) is 8.19. The summed E-state index contributed by atoms with van der Waals surface area (Å²) in [7, 11) is 0. The van der Waals surface area contributed by atoms with Gasteiger partial charge in [0, 0.05) is 17.7 Å². The molecule has 4 heteroatoms. The maximum atomic E-state index is 13.2. The Kier molecular flexibility index (Phi) is 4.47. The number of nitrogens with zero attached hydrogens (tertiary/aromatic N) is 1. The maximum Gasteiger partial charge on any atom is 0.142 e. The number of ether oxygens (including phenoxy) is 1. The molecule has 0 bridgehead atoms. The van der Waals surface area contributed by atoms with Crippen molar-refractivity contribution in [1.29, 1.82) is 0 Å². The Balaban J connectivity index is 2.33. The highest BCUT2D eigenvalue weighted by molar-refractivity contribution is 5.61. The first kappa shape index (κ1) is 13.5. The molecule has 1 heterocycles. The molecule has 0 atom stereocenters. The Labute approximate surface area is 112 Å². The van der Waals surface area contributed by atoms with Gasteiger partial charge < -0.3 is 10.5 Å². The van der Waals surface area contributed by atoms with E-state index in [0.29, 0.717) is 24.6 Å². The molecule has 100 valence electrons. The van der Waals surface area contributed by atoms with Crippen LogP contribution in [0, 0.1) is 5.82 Å². The monoisotopic (exact) mass is 260 g/mol. The van der Waals surface area contributed by atoms with E-state index in [0.717, 1.165) is 17.5 Å². The summed E-state index contributed by atoms with van der Waals surface area (Å²) in [5, 5.41) is 0. The second-order valence-electron chi connectivity index (χ2n) is 4.24. The third-order valence-electron chi connectivity index (χ3n) is 2.75. The van der Waals surface area contributed by atoms with E-state index in [2.05, 4.69) is 4.98 Å². The highest BCUT2D eigenvalue weighted by Crippen LogP contribution is 2.24. The zero-order valence-electron chi connectivity index (χ0n) is 10.9. The third-order valence-corrected chi connectivity index (χ3v) is 2.75. The van der Waals surface area contributed by atoms with Gasteiger partial charge in [-0.05, 0) is 24.6 Å². The molecule has 0 spiro atoms. The molecule has 0 fully saturated rings. The molecule has 0 aliphatic rings. The van der Waals surface area contributed by atoms with Crippen LogP contribution in [0.15, 0.2) is 36.5 Å². The van der Waals surface area contributed by atoms with E-state index in [9.17, 15) is 4.39 Å². The predicted molar refractivity (Wildman–Crippen MR) is 73.3 cm³/mol. The van der Waals surface area contributed by atoms with Gasteiger partial charge in [0.05, 0.1) is 18.5 Å². The lowest BCUT2D eigenvalue weighted by Crippen LogP contribution is -2.04. The van der Waals surface area contributed by atoms with Gasteiger partial charge >= 0.3 is 0 Å². The molecule has 3 nitrogen and oxygen atoms in total. The molecule has 2 N–H and O–H groups in total. The van der Waals surface area contributed by atoms with Crippen molar-refractivity contribution >= 4 is 0 Å². The predicted octanol–water partition coefficient (Wildman–Crippen LogP) is 3.14. The number of hydrogen-bond acceptors (Lipinski definition) is 3. The second kappa shape index (κ2) is 6.29. The summed E-state index contributed by atoms with van der Waals surface area (Å²) in [6.07, 6.45) is 2.58. The van der Waals surface area contributed by atoms with Crippen LogP contribution in [0.5, 0.6) is 5.75 Å². The van der Waals surface area contributed by atoms with Crippen LogP contribution in [-0.4, -0.2) is 11.6 Å². The summed E-state index contributed by atoms with van der Waals surface area (Å²) in [6.45, 7) is 3.04. The zero-order chi connectivity index (χ0) is 13.7. The SMILES string of the molecule is CCCOc1cnc(-c2cccc(F)c2)cc1CN. The molecule has 0 saturated heterocycles. The first-order chi connectivity index (χ1) is 9.24. The minimum Gasteiger partial charge on any atom is -0.492 e. The van der Waals surface area contributed by atoms with Crippen LogP contribution in [0.1, 0.15) is 18.9 Å². The van der Waals surface area contributed by atoms with Crippen LogP contribution in [0.4, 0.5) is 4.39 Å². The lowest BCUT2D eigenvalue weighted by Gasteiger charge is -2.11. The van der Waals surface area contributed by atoms with Crippen LogP contribution in [0.2, 0.25) is 0 Å². The first-order valence-electron chi connectivity index (χ1n) is 6.32. The molecular formula is C15H17FN2O. The van der Waals surface area contributed by atoms with E-state index in [1.165, 1.54) is 12.1 Å². The van der Waals surface area contributed by atoms with Gasteiger partial charge in [-0.3, -0.25) is 4.98 Å². The summed E-state index contributed by atoms with van der Waals surface area (Å²) < 4.78 is 18.8. The van der Waals surface area contributed by atoms with E-state index in [-0.39, 0.29) is 5.82 Å². The molecule has 19 heavy (non-hydrogen) atoms. The molecular weight excluding hydrogens is 243 g/mol. The summed E-state index contributed by atoms with van der Waals surface area (Å²) in [4.78, 5) is 4.30. The molecule has 0 amide bonds. The molecule has 0 aliphatic carbocycles. The van der Waals surface area contributed by atoms with Gasteiger partial charge in [0.15, 0.2) is 0 Å². The summed E-state index contributed by atoms with van der Waals surface area (Å²) in [5.41, 5.74) is 8.03. The van der Waals surface area contributed by atoms with Crippen molar-refractivity contribution in [3.63, 3.8) is 0 Å². The van der Waals surface area contributed by atoms with Crippen LogP contribution in [-0.2, 0) is 6.54 Å². The van der Waals surface area contributed by atoms with E-state index in [1.807, 2.05) is 19.1 Å². The fourth-order valence-electron chi connectivity index (χ4n) is 1.79. The molecule has 0 radical (unpaired) electrons. The lowest BCUT2D eigenvalue weighted by molar-refractivity contribution is 0.313. The normalized spacial score (nSPS) is 10.5. The van der Waals surface area contributed by atoms with Crippen molar-refractivity contribution < 1.29 is 9.13 Å². The van der Waals surface area contributed by atoms with Gasteiger partial charge in [-0.25, -0.2) is 4.39 Å². The number of hydrogen-bond donors (Lipinski definition) is 1. The summed E-state index contributed by atoms with van der Waals surface area (Å²) in [5.74, 6) is 0.421. The number of benzene rings is 1. The second-order valence-corrected chi connectivity index (χ2v) is 4.24. The minimum atomic E-state index is -0.278. The Morgan fingerprint density at radius 1 is 1.32 bits per heavy atom. The fraction of sp³-hybridized carbons (Fsp3) is 0.267. The molecule has 0 unspecified atom stereocenters. The van der Waals surface area contributed by atoms with Gasteiger partial charge in [0.1, 0.15) is 11.6 Å². The maximum absolute atomic E-state index is 13.2. The quantitative estimate of drug-likeness (QED) is 0.898. The molecule has 2 aromatic rings. The van der Waals surface area contributed by atoms with Gasteiger partial charge in [0.25, 0.3) is 0 Å². The van der Waals surface area contributed by atoms with E-state index in [1.54, 1.807) is 12.3 Å². The van der Waals surface area contributed by atoms with Gasteiger partial charge in [0.2, 0.25) is 0 Å². The number of rotatable bonds is 5. The Hall–Kier alpha value is -1.94. The number of halogens is 1. The van der Waals surface area contributed by atoms with Crippen molar-refractivity contribution in [3.05, 3.63) is 47.9 Å². The van der Waals surface area contributed by atoms with Gasteiger partial charge in [-0.15, -0.1) is 0 Å². The van der Waals surface area contributed by atoms with Crippen LogP contribution in [0.3, 0.4) is 0 Å². The topological polar surface area (TPSA) is 48.1 Å². The number of pyridine rings is 1. The Bertz CT molecular complexity index is 558. The van der Waals surface area contributed by atoms with Crippen molar-refractivity contribution in [2.24, 2.45) is 5.73 Å². The van der Waals surface area contributed by atoms with E-state index in [4.69, 9.17) is 10.5 Å². The minimum absolute atomic E-state index is 0.278. The van der Waals surface area contributed by atoms with Crippen molar-refractivity contribution in [3.8, 4) is 17.0 Å². The average Bonchev–Trinajstić information content (AvgIpc) is 2.45. The molecule has 1 aromatic carbocycles. The highest BCUT2D eigenvalue weighted by atomic mass is 19.1. The molecule has 0 saturated carbocycles. The van der Waals surface area contributed by atoms with Crippen LogP contribution in [0.25, 0.3) is 11.3 Å². The standard InChI is InChI=1S/C15H17FN2O/c1-2-6-19-15-10-18-14(8-12(15)9-17)11-4-3-5-13(16)7-11/h3-5,7-8,10H,2,6,9,17H2,1H3. The fourth-order valence-corrected chi connectivity index (χ4v) is 1.79. The molecule has 2 rings (SSSR count). The Morgan fingerprint density at radius 3 is 2.84 bits per heavy atom. The van der Waals surface area contributed by atoms with Gasteiger partial charge in [-0.2, -0.15) is 0 Å². The van der Waals surface area contributed by atoms with Crippen LogP contribution >= 0.6 is 0 Å². The average molecular weight is 260 g/mol. The smallest absolute Gasteiger partial charge is 0.142 e. The van der Waals surface area contributed by atoms with Crippen molar-refractivity contribution in [2.45, 2.75) is 19.9 Å². The number of aromatic nitrogens is 1. The largest absolute Gasteiger partial charge is 0.492 e. The molecule has 0 aliphatic heterocycles. The van der Waals surface area contributed by atoms with E-state index >= 15 is 0 Å². The number of nitrogens with two attached hydrogens (primary N) is 1. The van der Waals surface area contributed by atoms with E-state index < -0.39 is 0 Å². The summed E-state index contributed by atoms with van der Waals surface area (Å²) >= 11 is 0. The molecule has 1 aromatic heterocycles. The third kappa shape index (κ3) is 3.29. The first-order valence-corrected chi connectivity index (χ1v) is 6.32. The zero-order valence-corrected chi connectivity index (χ0v) is 10.9. The van der Waals surface area contributed by atoms with Crippen molar-refractivity contribution in [1.82, 2.24) is 4.98 Å². The highest BCUT2D eigenvalue weighted by Gasteiger charge is 2.07. The lowest BCUT2D eigenvalue weighted by atomic mass is 10.1. The van der Waals surface area contributed by atoms with Gasteiger partial charge in [-0.1, -0.05) is 19.1 Å². The van der Waals surface area contributed by atoms with Crippen molar-refractivity contribution in [2.75, 3.05) is 6.61 Å². The van der Waals surface area contributed by atoms with Crippen LogP contribution < -0.4 is 10.5 Å².